The molecule has 2 N–H and O–H groups in total. The van der Waals surface area contributed by atoms with E-state index in [1.54, 1.807) is 18.2 Å². The largest absolute Gasteiger partial charge is 0.476 e. The second-order valence-electron chi connectivity index (χ2n) is 9.67. The number of aliphatic hydroxyl groups is 1. The minimum atomic E-state index is -1.57. The van der Waals surface area contributed by atoms with Crippen molar-refractivity contribution in [3.8, 4) is 17.1 Å². The van der Waals surface area contributed by atoms with Gasteiger partial charge in [0.25, 0.3) is 0 Å². The van der Waals surface area contributed by atoms with E-state index >= 15 is 0 Å². The van der Waals surface area contributed by atoms with E-state index in [0.29, 0.717) is 33.7 Å². The van der Waals surface area contributed by atoms with E-state index in [-0.39, 0.29) is 5.41 Å². The molecule has 0 amide bonds. The number of hydrogen-bond donors (Lipinski definition) is 2. The highest BCUT2D eigenvalue weighted by Crippen LogP contribution is 2.25. The minimum absolute atomic E-state index is 0.0119. The highest BCUT2D eigenvalue weighted by atomic mass is 35.5. The number of hydrogen-bond acceptors (Lipinski definition) is 5. The summed E-state index contributed by atoms with van der Waals surface area (Å²) in [5.41, 5.74) is 4.28. The van der Waals surface area contributed by atoms with Crippen molar-refractivity contribution in [1.29, 1.82) is 0 Å². The highest BCUT2D eigenvalue weighted by molar-refractivity contribution is 7.83. The van der Waals surface area contributed by atoms with Gasteiger partial charge in [0.05, 0.1) is 17.2 Å². The standard InChI is InChI=1S/C29H30ClN3O3S/c1-29(2,3)23-9-13-25(14-10-23)37(35)33-28(34)22-6-4-5-21(19-22)26-15-16-27(32-31-26)36-18-17-20-7-11-24(30)12-8-20/h4-16,19,28,33-34H,17-18H2,1-3H3. The van der Waals surface area contributed by atoms with Gasteiger partial charge < -0.3 is 9.84 Å². The predicted octanol–water partition coefficient (Wildman–Crippen LogP) is 6.02. The topological polar surface area (TPSA) is 84.3 Å². The molecule has 1 heterocycles. The lowest BCUT2D eigenvalue weighted by Gasteiger charge is -2.19. The summed E-state index contributed by atoms with van der Waals surface area (Å²) < 4.78 is 21.2. The van der Waals surface area contributed by atoms with Crippen molar-refractivity contribution < 1.29 is 14.1 Å². The van der Waals surface area contributed by atoms with Crippen LogP contribution in [0.3, 0.4) is 0 Å². The van der Waals surface area contributed by atoms with Gasteiger partial charge in [-0.3, -0.25) is 0 Å². The summed E-state index contributed by atoms with van der Waals surface area (Å²) in [4.78, 5) is 0.598. The normalized spacial score (nSPS) is 13.2. The third-order valence-corrected chi connectivity index (χ3v) is 7.23. The molecule has 0 bridgehead atoms. The second-order valence-corrected chi connectivity index (χ2v) is 11.4. The molecule has 0 aliphatic rings. The van der Waals surface area contributed by atoms with Gasteiger partial charge in [-0.1, -0.05) is 74.8 Å². The van der Waals surface area contributed by atoms with Crippen LogP contribution in [0.25, 0.3) is 11.3 Å². The quantitative estimate of drug-likeness (QED) is 0.256. The molecule has 0 radical (unpaired) electrons. The molecule has 3 aromatic carbocycles. The molecule has 6 nitrogen and oxygen atoms in total. The number of nitrogens with zero attached hydrogens (tertiary/aromatic N) is 2. The second kappa shape index (κ2) is 12.0. The maximum atomic E-state index is 12.8. The molecule has 2 atom stereocenters. The molecule has 0 fully saturated rings. The summed E-state index contributed by atoms with van der Waals surface area (Å²) in [6.45, 7) is 6.85. The number of halogens is 1. The lowest BCUT2D eigenvalue weighted by atomic mass is 9.87. The summed E-state index contributed by atoms with van der Waals surface area (Å²) in [5.74, 6) is 0.434. The molecule has 0 spiro atoms. The highest BCUT2D eigenvalue weighted by Gasteiger charge is 2.16. The van der Waals surface area contributed by atoms with Gasteiger partial charge in [-0.15, -0.1) is 10.2 Å². The number of aliphatic hydroxyl groups excluding tert-OH is 1. The molecule has 0 aliphatic heterocycles. The average molecular weight is 536 g/mol. The van der Waals surface area contributed by atoms with Gasteiger partial charge in [-0.05, 0) is 58.5 Å². The zero-order valence-corrected chi connectivity index (χ0v) is 22.6. The Kier molecular flexibility index (Phi) is 8.71. The number of ether oxygens (including phenoxy) is 1. The zero-order valence-electron chi connectivity index (χ0n) is 21.0. The smallest absolute Gasteiger partial charge is 0.233 e. The molecule has 37 heavy (non-hydrogen) atoms. The first kappa shape index (κ1) is 26.9. The first-order chi connectivity index (χ1) is 17.7. The average Bonchev–Trinajstić information content (AvgIpc) is 2.90. The van der Waals surface area contributed by atoms with E-state index in [1.165, 1.54) is 0 Å². The third-order valence-electron chi connectivity index (χ3n) is 5.85. The Labute approximate surface area is 225 Å². The molecule has 8 heteroatoms. The van der Waals surface area contributed by atoms with Crippen LogP contribution in [0.4, 0.5) is 0 Å². The van der Waals surface area contributed by atoms with Gasteiger partial charge in [-0.25, -0.2) is 8.93 Å². The van der Waals surface area contributed by atoms with Crippen LogP contribution in [0.2, 0.25) is 5.02 Å². The fourth-order valence-electron chi connectivity index (χ4n) is 3.66. The summed E-state index contributed by atoms with van der Waals surface area (Å²) in [6, 6.07) is 26.1. The molecule has 4 aromatic rings. The zero-order chi connectivity index (χ0) is 26.4. The fraction of sp³-hybridized carbons (Fsp3) is 0.241. The van der Waals surface area contributed by atoms with Crippen molar-refractivity contribution in [3.05, 3.63) is 107 Å². The molecule has 1 aromatic heterocycles. The minimum Gasteiger partial charge on any atom is -0.476 e. The van der Waals surface area contributed by atoms with Crippen LogP contribution in [0.5, 0.6) is 5.88 Å². The van der Waals surface area contributed by atoms with E-state index in [4.69, 9.17) is 16.3 Å². The number of benzene rings is 3. The van der Waals surface area contributed by atoms with Crippen LogP contribution in [-0.2, 0) is 22.8 Å². The molecule has 2 unspecified atom stereocenters. The molecule has 0 aliphatic carbocycles. The predicted molar refractivity (Wildman–Crippen MR) is 148 cm³/mol. The van der Waals surface area contributed by atoms with Crippen molar-refractivity contribution in [2.24, 2.45) is 0 Å². The van der Waals surface area contributed by atoms with Crippen molar-refractivity contribution in [2.45, 2.75) is 43.7 Å². The maximum absolute atomic E-state index is 12.8. The lowest BCUT2D eigenvalue weighted by Crippen LogP contribution is -2.23. The van der Waals surface area contributed by atoms with Crippen LogP contribution >= 0.6 is 11.6 Å². The number of nitrogens with one attached hydrogen (secondary N) is 1. The van der Waals surface area contributed by atoms with E-state index in [1.807, 2.05) is 66.7 Å². The Morgan fingerprint density at radius 1 is 0.973 bits per heavy atom. The van der Waals surface area contributed by atoms with E-state index in [0.717, 1.165) is 23.1 Å². The molecule has 0 saturated carbocycles. The summed E-state index contributed by atoms with van der Waals surface area (Å²) in [6.07, 6.45) is -0.387. The van der Waals surface area contributed by atoms with Crippen molar-refractivity contribution >= 4 is 22.6 Å². The SMILES string of the molecule is CC(C)(C)c1ccc(S(=O)NC(O)c2cccc(-c3ccc(OCCc4ccc(Cl)cc4)nn3)c2)cc1. The Balaban J connectivity index is 1.35. The molecule has 4 rings (SSSR count). The van der Waals surface area contributed by atoms with Crippen LogP contribution in [0, 0.1) is 0 Å². The van der Waals surface area contributed by atoms with Crippen molar-refractivity contribution in [3.63, 3.8) is 0 Å². The molecule has 0 saturated heterocycles. The first-order valence-electron chi connectivity index (χ1n) is 12.0. The van der Waals surface area contributed by atoms with E-state index in [9.17, 15) is 9.32 Å². The van der Waals surface area contributed by atoms with Crippen LogP contribution in [-0.4, -0.2) is 26.1 Å². The maximum Gasteiger partial charge on any atom is 0.233 e. The fourth-order valence-corrected chi connectivity index (χ4v) is 4.64. The van der Waals surface area contributed by atoms with E-state index < -0.39 is 17.2 Å². The van der Waals surface area contributed by atoms with Gasteiger partial charge in [0, 0.05) is 23.1 Å². The Bertz CT molecular complexity index is 1340. The number of rotatable bonds is 9. The van der Waals surface area contributed by atoms with Gasteiger partial charge in [-0.2, -0.15) is 0 Å². The van der Waals surface area contributed by atoms with E-state index in [2.05, 4.69) is 35.7 Å². The lowest BCUT2D eigenvalue weighted by molar-refractivity contribution is 0.168. The summed E-state index contributed by atoms with van der Waals surface area (Å²) in [7, 11) is -1.57. The summed E-state index contributed by atoms with van der Waals surface area (Å²) >= 11 is 5.92. The molecular formula is C29H30ClN3O3S. The Morgan fingerprint density at radius 2 is 1.70 bits per heavy atom. The van der Waals surface area contributed by atoms with Crippen molar-refractivity contribution in [2.75, 3.05) is 6.61 Å². The van der Waals surface area contributed by atoms with Gasteiger partial charge in [0.2, 0.25) is 5.88 Å². The van der Waals surface area contributed by atoms with Crippen LogP contribution in [0.15, 0.2) is 89.8 Å². The first-order valence-corrected chi connectivity index (χ1v) is 13.5. The number of aromatic nitrogens is 2. The van der Waals surface area contributed by atoms with Crippen LogP contribution in [0.1, 0.15) is 43.7 Å². The Morgan fingerprint density at radius 3 is 2.35 bits per heavy atom. The van der Waals surface area contributed by atoms with Crippen LogP contribution < -0.4 is 9.46 Å². The van der Waals surface area contributed by atoms with Gasteiger partial charge in [0.15, 0.2) is 0 Å². The molecular weight excluding hydrogens is 506 g/mol. The van der Waals surface area contributed by atoms with Crippen molar-refractivity contribution in [1.82, 2.24) is 14.9 Å². The van der Waals surface area contributed by atoms with Gasteiger partial charge in [0.1, 0.15) is 17.2 Å². The summed E-state index contributed by atoms with van der Waals surface area (Å²) in [5, 5.41) is 19.8. The Hall–Kier alpha value is -3.10. The monoisotopic (exact) mass is 535 g/mol. The third kappa shape index (κ3) is 7.46. The molecule has 192 valence electrons. The van der Waals surface area contributed by atoms with Gasteiger partial charge >= 0.3 is 0 Å².